The summed E-state index contributed by atoms with van der Waals surface area (Å²) in [6, 6.07) is 5.74. The number of thioether (sulfide) groups is 1. The van der Waals surface area contributed by atoms with Gasteiger partial charge in [-0.05, 0) is 64.8 Å². The Morgan fingerprint density at radius 3 is 2.30 bits per heavy atom. The lowest BCUT2D eigenvalue weighted by Gasteiger charge is -2.26. The summed E-state index contributed by atoms with van der Waals surface area (Å²) in [4.78, 5) is 25.3. The van der Waals surface area contributed by atoms with Crippen LogP contribution in [0.1, 0.15) is 38.8 Å². The monoisotopic (exact) mass is 409 g/mol. The third-order valence-corrected chi connectivity index (χ3v) is 5.33. The van der Waals surface area contributed by atoms with Crippen molar-refractivity contribution < 1.29 is 19.4 Å². The first-order chi connectivity index (χ1) is 12.5. The number of aryl methyl sites for hydroxylation is 2. The van der Waals surface area contributed by atoms with Gasteiger partial charge in [-0.15, -0.1) is 10.2 Å². The van der Waals surface area contributed by atoms with E-state index in [0.29, 0.717) is 15.2 Å². The van der Waals surface area contributed by atoms with E-state index < -0.39 is 22.9 Å². The van der Waals surface area contributed by atoms with E-state index in [9.17, 15) is 9.59 Å². The third-order valence-electron chi connectivity index (χ3n) is 3.25. The summed E-state index contributed by atoms with van der Waals surface area (Å²) in [5.41, 5.74) is 1.95. The Hall–Kier alpha value is -2.13. The van der Waals surface area contributed by atoms with Gasteiger partial charge in [0, 0.05) is 0 Å². The van der Waals surface area contributed by atoms with E-state index in [1.807, 2.05) is 32.0 Å². The van der Waals surface area contributed by atoms with Crippen LogP contribution in [0.15, 0.2) is 22.5 Å². The lowest BCUT2D eigenvalue weighted by atomic mass is 10.1. The van der Waals surface area contributed by atoms with Gasteiger partial charge < -0.3 is 9.84 Å². The zero-order valence-corrected chi connectivity index (χ0v) is 17.8. The maximum atomic E-state index is 12.9. The molecule has 9 heteroatoms. The fraction of sp³-hybridized carbons (Fsp3) is 0.444. The van der Waals surface area contributed by atoms with Crippen LogP contribution in [0.5, 0.6) is 0 Å². The summed E-state index contributed by atoms with van der Waals surface area (Å²) >= 11 is 2.23. The number of carbonyl (C=O) groups is 2. The molecule has 1 atom stereocenters. The van der Waals surface area contributed by atoms with Crippen LogP contribution in [0.3, 0.4) is 0 Å². The van der Waals surface area contributed by atoms with Crippen molar-refractivity contribution in [3.8, 4) is 0 Å². The Morgan fingerprint density at radius 1 is 1.19 bits per heavy atom. The normalized spacial score (nSPS) is 12.5. The summed E-state index contributed by atoms with van der Waals surface area (Å²) in [6.07, 6.45) is -0.563. The number of hydrogen-bond acceptors (Lipinski definition) is 7. The SMILES string of the molecule is Cc1cc(C)cc(N(C(=O)OC(C)(C)C)c2nnc(SC(C)C(=O)O)s2)c1. The smallest absolute Gasteiger partial charge is 0.421 e. The lowest BCUT2D eigenvalue weighted by Crippen LogP contribution is -2.33. The van der Waals surface area contributed by atoms with E-state index in [-0.39, 0.29) is 0 Å². The van der Waals surface area contributed by atoms with Crippen LogP contribution >= 0.6 is 23.1 Å². The molecule has 2 aromatic rings. The molecule has 146 valence electrons. The van der Waals surface area contributed by atoms with Gasteiger partial charge in [-0.3, -0.25) is 4.79 Å². The van der Waals surface area contributed by atoms with Gasteiger partial charge in [0.1, 0.15) is 10.9 Å². The van der Waals surface area contributed by atoms with E-state index in [2.05, 4.69) is 10.2 Å². The molecular weight excluding hydrogens is 386 g/mol. The number of aromatic nitrogens is 2. The topological polar surface area (TPSA) is 92.6 Å². The van der Waals surface area contributed by atoms with E-state index in [1.54, 1.807) is 27.7 Å². The highest BCUT2D eigenvalue weighted by atomic mass is 32.2. The molecule has 0 fully saturated rings. The van der Waals surface area contributed by atoms with Crippen LogP contribution in [-0.4, -0.2) is 38.2 Å². The second kappa shape index (κ2) is 8.26. The average Bonchev–Trinajstić information content (AvgIpc) is 2.92. The van der Waals surface area contributed by atoms with Crippen molar-refractivity contribution >= 4 is 46.0 Å². The Bertz CT molecular complexity index is 825. The van der Waals surface area contributed by atoms with Gasteiger partial charge in [-0.25, -0.2) is 9.69 Å². The van der Waals surface area contributed by atoms with Crippen LogP contribution in [0.4, 0.5) is 15.6 Å². The molecule has 0 saturated carbocycles. The Kier molecular flexibility index (Phi) is 6.48. The first-order valence-electron chi connectivity index (χ1n) is 8.30. The number of rotatable bonds is 5. The van der Waals surface area contributed by atoms with E-state index in [1.165, 1.54) is 4.90 Å². The van der Waals surface area contributed by atoms with Crippen molar-refractivity contribution in [2.45, 2.75) is 56.7 Å². The molecule has 0 radical (unpaired) electrons. The first-order valence-corrected chi connectivity index (χ1v) is 10.0. The second-order valence-electron chi connectivity index (χ2n) is 7.11. The predicted molar refractivity (Wildman–Crippen MR) is 107 cm³/mol. The highest BCUT2D eigenvalue weighted by Crippen LogP contribution is 2.35. The summed E-state index contributed by atoms with van der Waals surface area (Å²) in [6.45, 7) is 10.8. The number of carbonyl (C=O) groups excluding carboxylic acids is 1. The average molecular weight is 410 g/mol. The Morgan fingerprint density at radius 2 is 1.78 bits per heavy atom. The van der Waals surface area contributed by atoms with Crippen LogP contribution in [-0.2, 0) is 9.53 Å². The minimum Gasteiger partial charge on any atom is -0.480 e. The van der Waals surface area contributed by atoms with Gasteiger partial charge in [0.15, 0.2) is 4.34 Å². The number of hydrogen-bond donors (Lipinski definition) is 1. The van der Waals surface area contributed by atoms with Crippen LogP contribution in [0.25, 0.3) is 0 Å². The highest BCUT2D eigenvalue weighted by Gasteiger charge is 2.28. The van der Waals surface area contributed by atoms with Gasteiger partial charge in [-0.2, -0.15) is 0 Å². The number of amides is 1. The summed E-state index contributed by atoms with van der Waals surface area (Å²) in [7, 11) is 0. The van der Waals surface area contributed by atoms with Crippen molar-refractivity contribution in [1.29, 1.82) is 0 Å². The molecule has 0 spiro atoms. The predicted octanol–water partition coefficient (Wildman–Crippen LogP) is 4.79. The maximum absolute atomic E-state index is 12.9. The Balaban J connectivity index is 2.42. The third kappa shape index (κ3) is 5.93. The number of anilines is 2. The number of aliphatic carboxylic acids is 1. The zero-order valence-electron chi connectivity index (χ0n) is 16.1. The molecule has 0 saturated heterocycles. The van der Waals surface area contributed by atoms with Crippen LogP contribution < -0.4 is 4.90 Å². The van der Waals surface area contributed by atoms with Crippen LogP contribution in [0, 0.1) is 13.8 Å². The standard InChI is InChI=1S/C18H23N3O4S2/c1-10-7-11(2)9-13(8-10)21(17(24)25-18(4,5)6)15-19-20-16(27-15)26-12(3)14(22)23/h7-9,12H,1-6H3,(H,22,23). The first kappa shape index (κ1) is 21.2. The summed E-state index contributed by atoms with van der Waals surface area (Å²) in [5.74, 6) is -0.935. The largest absolute Gasteiger partial charge is 0.480 e. The fourth-order valence-electron chi connectivity index (χ4n) is 2.22. The molecule has 1 amide bonds. The van der Waals surface area contributed by atoms with Gasteiger partial charge >= 0.3 is 12.1 Å². The Labute approximate surface area is 166 Å². The molecule has 0 aliphatic heterocycles. The molecule has 1 aromatic heterocycles. The summed E-state index contributed by atoms with van der Waals surface area (Å²) < 4.78 is 6.01. The molecule has 1 aromatic carbocycles. The molecule has 1 N–H and O–H groups in total. The van der Waals surface area contributed by atoms with Crippen molar-refractivity contribution in [3.05, 3.63) is 29.3 Å². The van der Waals surface area contributed by atoms with Gasteiger partial charge in [0.25, 0.3) is 0 Å². The van der Waals surface area contributed by atoms with Crippen molar-refractivity contribution in [2.24, 2.45) is 0 Å². The minimum atomic E-state index is -0.935. The molecule has 1 unspecified atom stereocenters. The molecule has 0 aliphatic carbocycles. The molecule has 0 aliphatic rings. The number of ether oxygens (including phenoxy) is 1. The fourth-order valence-corrected chi connectivity index (χ4v) is 4.15. The molecule has 27 heavy (non-hydrogen) atoms. The quantitative estimate of drug-likeness (QED) is 0.560. The molecule has 0 bridgehead atoms. The van der Waals surface area contributed by atoms with Crippen molar-refractivity contribution in [1.82, 2.24) is 10.2 Å². The van der Waals surface area contributed by atoms with Gasteiger partial charge in [-0.1, -0.05) is 29.2 Å². The maximum Gasteiger partial charge on any atom is 0.421 e. The number of nitrogens with zero attached hydrogens (tertiary/aromatic N) is 3. The lowest BCUT2D eigenvalue weighted by molar-refractivity contribution is -0.136. The van der Waals surface area contributed by atoms with Crippen LogP contribution in [0.2, 0.25) is 0 Å². The van der Waals surface area contributed by atoms with E-state index in [4.69, 9.17) is 9.84 Å². The molecular formula is C18H23N3O4S2. The minimum absolute atomic E-state index is 0.328. The van der Waals surface area contributed by atoms with Gasteiger partial charge in [0.05, 0.1) is 5.69 Å². The van der Waals surface area contributed by atoms with E-state index >= 15 is 0 Å². The number of carboxylic acids is 1. The summed E-state index contributed by atoms with van der Waals surface area (Å²) in [5, 5.41) is 16.9. The second-order valence-corrected chi connectivity index (χ2v) is 9.65. The van der Waals surface area contributed by atoms with Crippen molar-refractivity contribution in [3.63, 3.8) is 0 Å². The zero-order chi connectivity index (χ0) is 20.4. The van der Waals surface area contributed by atoms with Gasteiger partial charge in [0.2, 0.25) is 5.13 Å². The van der Waals surface area contributed by atoms with Crippen molar-refractivity contribution in [2.75, 3.05) is 4.90 Å². The number of carboxylic acid groups (broad SMARTS) is 1. The molecule has 7 nitrogen and oxygen atoms in total. The highest BCUT2D eigenvalue weighted by molar-refractivity contribution is 8.02. The van der Waals surface area contributed by atoms with E-state index in [0.717, 1.165) is 34.2 Å². The molecule has 2 rings (SSSR count). The number of benzene rings is 1. The molecule has 1 heterocycles.